The maximum absolute atomic E-state index is 12.6. The maximum Gasteiger partial charge on any atom is 0.303 e. The number of nitrogens with zero attached hydrogens (tertiary/aromatic N) is 1. The van der Waals surface area contributed by atoms with Crippen molar-refractivity contribution in [3.05, 3.63) is 0 Å². The first-order valence-electron chi connectivity index (χ1n) is 7.81. The molecular formula is C15H27NO4S. The number of hydrogen-bond acceptors (Lipinski definition) is 3. The number of carboxylic acids is 1. The van der Waals surface area contributed by atoms with Crippen molar-refractivity contribution in [2.24, 2.45) is 11.3 Å². The van der Waals surface area contributed by atoms with Crippen molar-refractivity contribution in [1.29, 1.82) is 0 Å². The Morgan fingerprint density at radius 1 is 1.19 bits per heavy atom. The van der Waals surface area contributed by atoms with Crippen LogP contribution in [0.4, 0.5) is 0 Å². The number of carboxylic acid groups (broad SMARTS) is 1. The summed E-state index contributed by atoms with van der Waals surface area (Å²) in [5.41, 5.74) is 0.00769. The van der Waals surface area contributed by atoms with Gasteiger partial charge in [0.15, 0.2) is 0 Å². The predicted octanol–water partition coefficient (Wildman–Crippen LogP) is 2.47. The minimum absolute atomic E-state index is 0.00769. The fourth-order valence-electron chi connectivity index (χ4n) is 3.66. The zero-order valence-electron chi connectivity index (χ0n) is 13.2. The lowest BCUT2D eigenvalue weighted by molar-refractivity contribution is -0.138. The van der Waals surface area contributed by atoms with E-state index < -0.39 is 16.0 Å². The molecule has 2 aliphatic heterocycles. The molecule has 1 N–H and O–H groups in total. The molecule has 2 atom stereocenters. The van der Waals surface area contributed by atoms with Crippen molar-refractivity contribution in [3.8, 4) is 0 Å². The Morgan fingerprint density at radius 3 is 2.14 bits per heavy atom. The maximum atomic E-state index is 12.6. The van der Waals surface area contributed by atoms with Crippen LogP contribution in [0.2, 0.25) is 0 Å². The van der Waals surface area contributed by atoms with Crippen molar-refractivity contribution in [2.45, 2.75) is 71.4 Å². The number of sulfonamides is 1. The second-order valence-electron chi connectivity index (χ2n) is 7.78. The molecule has 0 amide bonds. The molecule has 2 unspecified atom stereocenters. The lowest BCUT2D eigenvalue weighted by Gasteiger charge is -2.38. The fraction of sp³-hybridized carbons (Fsp3) is 0.933. The van der Waals surface area contributed by atoms with Crippen LogP contribution in [0.1, 0.15) is 59.3 Å². The highest BCUT2D eigenvalue weighted by molar-refractivity contribution is 7.89. The number of piperidine rings is 1. The third-order valence-corrected chi connectivity index (χ3v) is 6.62. The van der Waals surface area contributed by atoms with E-state index in [1.165, 1.54) is 0 Å². The second-order valence-corrected chi connectivity index (χ2v) is 9.77. The highest BCUT2D eigenvalue weighted by Crippen LogP contribution is 2.42. The van der Waals surface area contributed by atoms with E-state index in [2.05, 4.69) is 20.8 Å². The van der Waals surface area contributed by atoms with Crippen molar-refractivity contribution < 1.29 is 18.3 Å². The second kappa shape index (κ2) is 5.88. The third-order valence-electron chi connectivity index (χ3n) is 4.66. The van der Waals surface area contributed by atoms with Crippen molar-refractivity contribution >= 4 is 16.0 Å². The van der Waals surface area contributed by atoms with Crippen LogP contribution in [0.5, 0.6) is 0 Å². The summed E-state index contributed by atoms with van der Waals surface area (Å²) in [7, 11) is -3.22. The van der Waals surface area contributed by atoms with Gasteiger partial charge in [0.25, 0.3) is 0 Å². The van der Waals surface area contributed by atoms with Gasteiger partial charge in [0.2, 0.25) is 10.0 Å². The monoisotopic (exact) mass is 317 g/mol. The zero-order valence-corrected chi connectivity index (χ0v) is 14.0. The van der Waals surface area contributed by atoms with E-state index in [0.29, 0.717) is 19.3 Å². The summed E-state index contributed by atoms with van der Waals surface area (Å²) >= 11 is 0. The molecule has 0 aliphatic carbocycles. The largest absolute Gasteiger partial charge is 0.481 e. The summed E-state index contributed by atoms with van der Waals surface area (Å²) in [6, 6.07) is 0.0520. The molecule has 5 nitrogen and oxygen atoms in total. The van der Waals surface area contributed by atoms with Gasteiger partial charge in [-0.25, -0.2) is 8.42 Å². The van der Waals surface area contributed by atoms with Gasteiger partial charge >= 0.3 is 5.97 Å². The lowest BCUT2D eigenvalue weighted by Crippen LogP contribution is -2.47. The molecule has 0 aromatic rings. The number of carbonyl (C=O) groups is 1. The Kier molecular flexibility index (Phi) is 4.69. The third kappa shape index (κ3) is 4.19. The molecule has 2 aliphatic rings. The number of rotatable bonds is 5. The highest BCUT2D eigenvalue weighted by atomic mass is 32.2. The highest BCUT2D eigenvalue weighted by Gasteiger charge is 2.46. The molecule has 6 heteroatoms. The summed E-state index contributed by atoms with van der Waals surface area (Å²) in [5.74, 6) is -0.440. The average Bonchev–Trinajstić information content (AvgIpc) is 2.59. The molecule has 0 aromatic heterocycles. The molecule has 2 saturated heterocycles. The number of aliphatic carboxylic acids is 1. The summed E-state index contributed by atoms with van der Waals surface area (Å²) in [4.78, 5) is 10.9. The molecule has 2 rings (SSSR count). The van der Waals surface area contributed by atoms with E-state index in [9.17, 15) is 13.2 Å². The van der Waals surface area contributed by atoms with Gasteiger partial charge < -0.3 is 5.11 Å². The van der Waals surface area contributed by atoms with Crippen LogP contribution in [0.3, 0.4) is 0 Å². The van der Waals surface area contributed by atoms with Crippen molar-refractivity contribution in [1.82, 2.24) is 4.31 Å². The molecule has 21 heavy (non-hydrogen) atoms. The zero-order chi connectivity index (χ0) is 15.8. The molecule has 0 aromatic carbocycles. The number of hydrogen-bond donors (Lipinski definition) is 1. The normalized spacial score (nSPS) is 30.5. The Morgan fingerprint density at radius 2 is 1.71 bits per heavy atom. The van der Waals surface area contributed by atoms with E-state index in [-0.39, 0.29) is 35.6 Å². The number of fused-ring (bicyclic) bond motifs is 2. The van der Waals surface area contributed by atoms with Crippen molar-refractivity contribution in [3.63, 3.8) is 0 Å². The molecule has 2 heterocycles. The van der Waals surface area contributed by atoms with E-state index in [1.807, 2.05) is 0 Å². The van der Waals surface area contributed by atoms with Crippen LogP contribution >= 0.6 is 0 Å². The van der Waals surface area contributed by atoms with Gasteiger partial charge in [-0.15, -0.1) is 0 Å². The van der Waals surface area contributed by atoms with Crippen LogP contribution in [0.25, 0.3) is 0 Å². The smallest absolute Gasteiger partial charge is 0.303 e. The van der Waals surface area contributed by atoms with Crippen LogP contribution in [0.15, 0.2) is 0 Å². The van der Waals surface area contributed by atoms with Gasteiger partial charge in [0, 0.05) is 18.5 Å². The van der Waals surface area contributed by atoms with E-state index in [0.717, 1.165) is 12.8 Å². The SMILES string of the molecule is CC(C)(C)CCS(=O)(=O)N1C2CCC1CC(CC(=O)O)C2. The van der Waals surface area contributed by atoms with Gasteiger partial charge in [-0.1, -0.05) is 20.8 Å². The van der Waals surface area contributed by atoms with Gasteiger partial charge in [0.1, 0.15) is 0 Å². The van der Waals surface area contributed by atoms with Crippen LogP contribution < -0.4 is 0 Å². The van der Waals surface area contributed by atoms with Crippen LogP contribution in [0, 0.1) is 11.3 Å². The fourth-order valence-corrected chi connectivity index (χ4v) is 6.03. The van der Waals surface area contributed by atoms with Gasteiger partial charge in [-0.2, -0.15) is 4.31 Å². The Bertz CT molecular complexity index is 480. The summed E-state index contributed by atoms with van der Waals surface area (Å²) < 4.78 is 27.0. The van der Waals surface area contributed by atoms with E-state index in [1.54, 1.807) is 4.31 Å². The minimum Gasteiger partial charge on any atom is -0.481 e. The Labute approximate surface area is 127 Å². The molecule has 0 spiro atoms. The topological polar surface area (TPSA) is 74.7 Å². The molecule has 2 fully saturated rings. The summed E-state index contributed by atoms with van der Waals surface area (Å²) in [5, 5.41) is 8.93. The van der Waals surface area contributed by atoms with Gasteiger partial charge in [-0.05, 0) is 43.4 Å². The van der Waals surface area contributed by atoms with Gasteiger partial charge in [0.05, 0.1) is 5.75 Å². The quantitative estimate of drug-likeness (QED) is 0.845. The Balaban J connectivity index is 2.04. The average molecular weight is 317 g/mol. The summed E-state index contributed by atoms with van der Waals surface area (Å²) in [6.45, 7) is 6.16. The first-order chi connectivity index (χ1) is 9.58. The molecule has 0 radical (unpaired) electrons. The van der Waals surface area contributed by atoms with Crippen LogP contribution in [-0.4, -0.2) is 41.6 Å². The predicted molar refractivity (Wildman–Crippen MR) is 81.5 cm³/mol. The molecule has 122 valence electrons. The van der Waals surface area contributed by atoms with E-state index >= 15 is 0 Å². The molecule has 0 saturated carbocycles. The Hall–Kier alpha value is -0.620. The van der Waals surface area contributed by atoms with Gasteiger partial charge in [-0.3, -0.25) is 4.79 Å². The van der Waals surface area contributed by atoms with Crippen molar-refractivity contribution in [2.75, 3.05) is 5.75 Å². The standard InChI is InChI=1S/C15H27NO4S/c1-15(2,3)6-7-21(19,20)16-12-4-5-13(16)9-11(8-12)10-14(17)18/h11-13H,4-10H2,1-3H3,(H,17,18). The van der Waals surface area contributed by atoms with Crippen LogP contribution in [-0.2, 0) is 14.8 Å². The summed E-state index contributed by atoms with van der Waals surface area (Å²) in [6.07, 6.45) is 4.01. The first-order valence-corrected chi connectivity index (χ1v) is 9.42. The molecular weight excluding hydrogens is 290 g/mol. The minimum atomic E-state index is -3.22. The van der Waals surface area contributed by atoms with E-state index in [4.69, 9.17) is 5.11 Å². The first kappa shape index (κ1) is 16.7. The molecule has 2 bridgehead atoms. The lowest BCUT2D eigenvalue weighted by atomic mass is 9.90.